The molecular formula is C10H19NO4. The van der Waals surface area contributed by atoms with Crippen molar-refractivity contribution in [2.75, 3.05) is 7.05 Å². The number of ether oxygens (including phenoxy) is 1. The van der Waals surface area contributed by atoms with Crippen LogP contribution in [0.3, 0.4) is 0 Å². The van der Waals surface area contributed by atoms with Gasteiger partial charge < -0.3 is 15.2 Å². The molecule has 0 aliphatic carbocycles. The largest absolute Gasteiger partial charge is 0.480 e. The van der Waals surface area contributed by atoms with Crippen molar-refractivity contribution in [3.05, 3.63) is 0 Å². The van der Waals surface area contributed by atoms with Crippen molar-refractivity contribution in [3.8, 4) is 0 Å². The number of rotatable bonds is 6. The van der Waals surface area contributed by atoms with Gasteiger partial charge in [-0.1, -0.05) is 13.8 Å². The molecule has 0 saturated heterocycles. The first-order valence-corrected chi connectivity index (χ1v) is 5.01. The van der Waals surface area contributed by atoms with E-state index in [1.807, 2.05) is 13.8 Å². The third kappa shape index (κ3) is 4.29. The summed E-state index contributed by atoms with van der Waals surface area (Å²) < 4.78 is 5.04. The predicted octanol–water partition coefficient (Wildman–Crippen LogP) is 0.637. The van der Waals surface area contributed by atoms with E-state index in [9.17, 15) is 9.59 Å². The van der Waals surface area contributed by atoms with Crippen molar-refractivity contribution in [3.63, 3.8) is 0 Å². The average Bonchev–Trinajstić information content (AvgIpc) is 2.15. The van der Waals surface area contributed by atoms with Crippen molar-refractivity contribution in [1.29, 1.82) is 0 Å². The molecule has 0 aromatic carbocycles. The van der Waals surface area contributed by atoms with Crippen LogP contribution in [-0.4, -0.2) is 36.2 Å². The van der Waals surface area contributed by atoms with E-state index in [-0.39, 0.29) is 5.92 Å². The Morgan fingerprint density at radius 3 is 2.27 bits per heavy atom. The molecule has 5 heteroatoms. The summed E-state index contributed by atoms with van der Waals surface area (Å²) in [7, 11) is 1.54. The van der Waals surface area contributed by atoms with Crippen molar-refractivity contribution in [1.82, 2.24) is 5.32 Å². The summed E-state index contributed by atoms with van der Waals surface area (Å²) in [5.74, 6) is -1.46. The van der Waals surface area contributed by atoms with Crippen LogP contribution in [0.1, 0.15) is 27.2 Å². The third-order valence-electron chi connectivity index (χ3n) is 2.41. The molecule has 15 heavy (non-hydrogen) atoms. The number of carboxylic acids is 1. The van der Waals surface area contributed by atoms with E-state index in [0.717, 1.165) is 6.42 Å². The van der Waals surface area contributed by atoms with Crippen molar-refractivity contribution < 1.29 is 19.4 Å². The number of likely N-dealkylation sites (N-methyl/N-ethyl adjacent to an activating group) is 1. The molecule has 0 radical (unpaired) electrons. The first-order chi connectivity index (χ1) is 6.93. The van der Waals surface area contributed by atoms with Crippen molar-refractivity contribution in [2.24, 2.45) is 5.92 Å². The first kappa shape index (κ1) is 13.9. The molecular weight excluding hydrogens is 198 g/mol. The van der Waals surface area contributed by atoms with Crippen LogP contribution in [0.2, 0.25) is 0 Å². The molecule has 0 fully saturated rings. The Morgan fingerprint density at radius 2 is 2.00 bits per heavy atom. The maximum Gasteiger partial charge on any atom is 0.324 e. The molecule has 0 aromatic rings. The van der Waals surface area contributed by atoms with E-state index in [1.165, 1.54) is 14.0 Å². The van der Waals surface area contributed by atoms with E-state index in [0.29, 0.717) is 0 Å². The molecule has 0 heterocycles. The highest BCUT2D eigenvalue weighted by molar-refractivity contribution is 5.75. The summed E-state index contributed by atoms with van der Waals surface area (Å²) in [6, 6.07) is -0.858. The molecule has 0 rings (SSSR count). The maximum atomic E-state index is 10.9. The molecule has 5 nitrogen and oxygen atoms in total. The third-order valence-corrected chi connectivity index (χ3v) is 2.41. The van der Waals surface area contributed by atoms with Crippen LogP contribution in [-0.2, 0) is 14.3 Å². The number of hydrogen-bond donors (Lipinski definition) is 2. The van der Waals surface area contributed by atoms with E-state index >= 15 is 0 Å². The number of hydrogen-bond acceptors (Lipinski definition) is 4. The Bertz CT molecular complexity index is 229. The molecule has 88 valence electrons. The van der Waals surface area contributed by atoms with E-state index in [1.54, 1.807) is 0 Å². The number of aliphatic carboxylic acids is 1. The molecule has 0 amide bonds. The number of nitrogens with one attached hydrogen (secondary N) is 1. The highest BCUT2D eigenvalue weighted by Gasteiger charge is 2.32. The average molecular weight is 217 g/mol. The van der Waals surface area contributed by atoms with Crippen LogP contribution in [0, 0.1) is 5.92 Å². The van der Waals surface area contributed by atoms with Crippen LogP contribution in [0.15, 0.2) is 0 Å². The Kier molecular flexibility index (Phi) is 5.93. The van der Waals surface area contributed by atoms with E-state index < -0.39 is 24.1 Å². The maximum absolute atomic E-state index is 10.9. The van der Waals surface area contributed by atoms with Crippen LogP contribution in [0.25, 0.3) is 0 Å². The molecule has 0 aromatic heterocycles. The van der Waals surface area contributed by atoms with Crippen LogP contribution < -0.4 is 5.32 Å². The second kappa shape index (κ2) is 6.40. The van der Waals surface area contributed by atoms with Gasteiger partial charge in [-0.25, -0.2) is 0 Å². The zero-order valence-electron chi connectivity index (χ0n) is 9.61. The molecule has 0 aliphatic heterocycles. The lowest BCUT2D eigenvalue weighted by Crippen LogP contribution is -2.49. The molecule has 0 aliphatic rings. The molecule has 0 saturated carbocycles. The van der Waals surface area contributed by atoms with Gasteiger partial charge in [0.25, 0.3) is 0 Å². The van der Waals surface area contributed by atoms with Gasteiger partial charge in [-0.2, -0.15) is 0 Å². The van der Waals surface area contributed by atoms with Crippen LogP contribution in [0.5, 0.6) is 0 Å². The van der Waals surface area contributed by atoms with Gasteiger partial charge in [-0.05, 0) is 19.4 Å². The van der Waals surface area contributed by atoms with Gasteiger partial charge in [0.2, 0.25) is 0 Å². The standard InChI is InChI=1S/C10H19NO4/c1-5-6(2)9(15-7(3)12)8(11-4)10(13)14/h6,8-9,11H,5H2,1-4H3,(H,13,14)/t6-,8+,9-/m1/s1. The van der Waals surface area contributed by atoms with Crippen molar-refractivity contribution in [2.45, 2.75) is 39.3 Å². The minimum atomic E-state index is -1.01. The zero-order chi connectivity index (χ0) is 12.0. The lowest BCUT2D eigenvalue weighted by molar-refractivity contribution is -0.156. The number of esters is 1. The SMILES string of the molecule is CC[C@@H](C)[C@@H](OC(C)=O)[C@H](NC)C(=O)O. The van der Waals surface area contributed by atoms with Crippen molar-refractivity contribution >= 4 is 11.9 Å². The lowest BCUT2D eigenvalue weighted by Gasteiger charge is -2.27. The Morgan fingerprint density at radius 1 is 1.47 bits per heavy atom. The summed E-state index contributed by atoms with van der Waals surface area (Å²) >= 11 is 0. The van der Waals surface area contributed by atoms with Gasteiger partial charge >= 0.3 is 11.9 Å². The normalized spacial score (nSPS) is 16.5. The molecule has 0 bridgehead atoms. The van der Waals surface area contributed by atoms with E-state index in [4.69, 9.17) is 9.84 Å². The molecule has 0 unspecified atom stereocenters. The smallest absolute Gasteiger partial charge is 0.324 e. The monoisotopic (exact) mass is 217 g/mol. The molecule has 2 N–H and O–H groups in total. The van der Waals surface area contributed by atoms with Gasteiger partial charge in [0.05, 0.1) is 0 Å². The number of carbonyl (C=O) groups excluding carboxylic acids is 1. The fraction of sp³-hybridized carbons (Fsp3) is 0.800. The zero-order valence-corrected chi connectivity index (χ0v) is 9.61. The fourth-order valence-electron chi connectivity index (χ4n) is 1.36. The summed E-state index contributed by atoms with van der Waals surface area (Å²) in [6.07, 6.45) is 0.124. The minimum absolute atomic E-state index is 0.00227. The highest BCUT2D eigenvalue weighted by Crippen LogP contribution is 2.15. The summed E-state index contributed by atoms with van der Waals surface area (Å²) in [5, 5.41) is 11.6. The van der Waals surface area contributed by atoms with Crippen LogP contribution >= 0.6 is 0 Å². The Hall–Kier alpha value is -1.10. The number of carbonyl (C=O) groups is 2. The Balaban J connectivity index is 4.72. The first-order valence-electron chi connectivity index (χ1n) is 5.01. The van der Waals surface area contributed by atoms with Gasteiger partial charge in [0.15, 0.2) is 0 Å². The van der Waals surface area contributed by atoms with Gasteiger partial charge in [0.1, 0.15) is 12.1 Å². The quantitative estimate of drug-likeness (QED) is 0.638. The highest BCUT2D eigenvalue weighted by atomic mass is 16.5. The lowest BCUT2D eigenvalue weighted by atomic mass is 9.95. The summed E-state index contributed by atoms with van der Waals surface area (Å²) in [5.41, 5.74) is 0. The summed E-state index contributed by atoms with van der Waals surface area (Å²) in [4.78, 5) is 21.8. The minimum Gasteiger partial charge on any atom is -0.480 e. The molecule has 0 spiro atoms. The van der Waals surface area contributed by atoms with Gasteiger partial charge in [0, 0.05) is 6.92 Å². The van der Waals surface area contributed by atoms with Gasteiger partial charge in [-0.15, -0.1) is 0 Å². The predicted molar refractivity (Wildman–Crippen MR) is 55.5 cm³/mol. The van der Waals surface area contributed by atoms with E-state index in [2.05, 4.69) is 5.32 Å². The topological polar surface area (TPSA) is 75.6 Å². The van der Waals surface area contributed by atoms with Gasteiger partial charge in [-0.3, -0.25) is 9.59 Å². The second-order valence-corrected chi connectivity index (χ2v) is 3.56. The molecule has 3 atom stereocenters. The Labute approximate surface area is 89.8 Å². The van der Waals surface area contributed by atoms with Crippen LogP contribution in [0.4, 0.5) is 0 Å². The number of carboxylic acid groups (broad SMARTS) is 1. The fourth-order valence-corrected chi connectivity index (χ4v) is 1.36. The second-order valence-electron chi connectivity index (χ2n) is 3.56. The summed E-state index contributed by atoms with van der Waals surface area (Å²) in [6.45, 7) is 5.07.